The Labute approximate surface area is 382 Å². The Balaban J connectivity index is 1.14. The zero-order chi connectivity index (χ0) is 46.1. The van der Waals surface area contributed by atoms with Crippen molar-refractivity contribution in [2.24, 2.45) is 11.7 Å². The number of piperidine rings is 1. The molecule has 6 N–H and O–H groups in total. The maximum Gasteiger partial charge on any atom is 0.501 e. The lowest BCUT2D eigenvalue weighted by molar-refractivity contribution is -0.0435. The summed E-state index contributed by atoms with van der Waals surface area (Å²) in [6, 6.07) is 33.3. The van der Waals surface area contributed by atoms with Crippen molar-refractivity contribution in [2.75, 3.05) is 55.3 Å². The maximum atomic E-state index is 14.2. The first-order valence-electron chi connectivity index (χ1n) is 20.9. The zero-order valence-corrected chi connectivity index (χ0v) is 38.4. The Morgan fingerprint density at radius 2 is 1.55 bits per heavy atom. The summed E-state index contributed by atoms with van der Waals surface area (Å²) in [6.07, 6.45) is 0.175. The van der Waals surface area contributed by atoms with Crippen LogP contribution in [-0.4, -0.2) is 88.6 Å². The van der Waals surface area contributed by atoms with E-state index in [4.69, 9.17) is 17.3 Å². The molecule has 1 aliphatic rings. The second-order valence-corrected chi connectivity index (χ2v) is 20.7. The number of aliphatic hydroxyl groups excluding tert-OH is 2. The van der Waals surface area contributed by atoms with E-state index < -0.39 is 53.1 Å². The molecule has 0 aliphatic carbocycles. The maximum absolute atomic E-state index is 14.2. The number of alkyl halides is 3. The summed E-state index contributed by atoms with van der Waals surface area (Å²) in [7, 11) is -10.8. The van der Waals surface area contributed by atoms with Crippen LogP contribution in [0.2, 0.25) is 5.02 Å². The van der Waals surface area contributed by atoms with E-state index >= 15 is 0 Å². The molecule has 0 saturated carbocycles. The summed E-state index contributed by atoms with van der Waals surface area (Å²) in [4.78, 5) is 2.95. The standard InChI is InChI=1S/C46H53ClF3N5O6S3/c1-2-54(28-29-56)25-24-36(31-62-38-8-4-3-5-9-38)52-42-21-20-39(30-43(42)63(58,59)46(48,49)50)64(60,61)53-45(57)34-14-18-37(19-15-34)55-26-22-33(23-27-55)44(51)41-11-7-6-10-40(41)32-12-16-35(47)17-13-32/h3-21,30,33,36,44-45,52-53,56-57H,2,22-29,31,51H2,1H3/t36-,44-,45?/m1/s1. The van der Waals surface area contributed by atoms with Crippen LogP contribution in [0.25, 0.3) is 11.1 Å². The van der Waals surface area contributed by atoms with Crippen molar-refractivity contribution in [1.29, 1.82) is 0 Å². The van der Waals surface area contributed by atoms with Gasteiger partial charge < -0.3 is 31.1 Å². The Bertz CT molecular complexity index is 2520. The minimum atomic E-state index is -6.06. The van der Waals surface area contributed by atoms with Crippen molar-refractivity contribution in [3.63, 3.8) is 0 Å². The van der Waals surface area contributed by atoms with Gasteiger partial charge >= 0.3 is 5.51 Å². The van der Waals surface area contributed by atoms with Crippen molar-refractivity contribution < 1.29 is 40.2 Å². The van der Waals surface area contributed by atoms with E-state index in [-0.39, 0.29) is 24.1 Å². The van der Waals surface area contributed by atoms with Gasteiger partial charge in [-0.1, -0.05) is 85.3 Å². The first-order chi connectivity index (χ1) is 30.5. The van der Waals surface area contributed by atoms with Crippen molar-refractivity contribution >= 4 is 54.6 Å². The molecular weight excluding hydrogens is 907 g/mol. The highest BCUT2D eigenvalue weighted by Gasteiger charge is 2.48. The Morgan fingerprint density at radius 3 is 2.19 bits per heavy atom. The highest BCUT2D eigenvalue weighted by molar-refractivity contribution is 7.99. The normalized spacial score (nSPS) is 15.5. The number of anilines is 2. The molecule has 0 radical (unpaired) electrons. The van der Waals surface area contributed by atoms with Gasteiger partial charge in [0, 0.05) is 59.6 Å². The SMILES string of the molecule is CCN(CCO)CC[C@H](CSc1ccccc1)Nc1ccc(S(=O)(=O)NC(O)c2ccc(N3CCC([C@@H](N)c4ccccc4-c4ccc(Cl)cc4)CC3)cc2)cc1S(=O)(=O)C(F)(F)F. The fourth-order valence-electron chi connectivity index (χ4n) is 7.78. The number of nitrogens with two attached hydrogens (primary N) is 1. The van der Waals surface area contributed by atoms with E-state index in [1.165, 1.54) is 11.8 Å². The summed E-state index contributed by atoms with van der Waals surface area (Å²) in [5.41, 5.74) is 4.86. The fraction of sp³-hybridized carbons (Fsp3) is 0.348. The summed E-state index contributed by atoms with van der Waals surface area (Å²) >= 11 is 7.54. The van der Waals surface area contributed by atoms with E-state index in [2.05, 4.69) is 27.1 Å². The van der Waals surface area contributed by atoms with Gasteiger partial charge in [-0.3, -0.25) is 0 Å². The van der Waals surface area contributed by atoms with Gasteiger partial charge in [0.25, 0.3) is 9.84 Å². The molecule has 6 rings (SSSR count). The van der Waals surface area contributed by atoms with Gasteiger partial charge in [-0.2, -0.15) is 17.9 Å². The Morgan fingerprint density at radius 1 is 0.891 bits per heavy atom. The smallest absolute Gasteiger partial charge is 0.395 e. The molecule has 5 aromatic carbocycles. The highest BCUT2D eigenvalue weighted by atomic mass is 35.5. The summed E-state index contributed by atoms with van der Waals surface area (Å²) in [5, 5.41) is 24.1. The number of hydrogen-bond donors (Lipinski definition) is 5. The van der Waals surface area contributed by atoms with Crippen LogP contribution in [0.1, 0.15) is 49.6 Å². The monoisotopic (exact) mass is 959 g/mol. The number of rotatable bonds is 20. The van der Waals surface area contributed by atoms with Gasteiger partial charge in [-0.05, 0) is 109 Å². The lowest BCUT2D eigenvalue weighted by Gasteiger charge is -2.36. The number of sulfonamides is 1. The molecule has 64 heavy (non-hydrogen) atoms. The first kappa shape index (κ1) is 49.3. The fourth-order valence-corrected chi connectivity index (χ4v) is 11.0. The van der Waals surface area contributed by atoms with Crippen LogP contribution in [0.15, 0.2) is 136 Å². The molecule has 1 saturated heterocycles. The highest BCUT2D eigenvalue weighted by Crippen LogP contribution is 2.38. The molecule has 0 amide bonds. The molecule has 1 aliphatic heterocycles. The van der Waals surface area contributed by atoms with Crippen LogP contribution < -0.4 is 20.7 Å². The summed E-state index contributed by atoms with van der Waals surface area (Å²) in [6.45, 7) is 4.63. The predicted molar refractivity (Wildman–Crippen MR) is 249 cm³/mol. The van der Waals surface area contributed by atoms with Crippen LogP contribution in [0.4, 0.5) is 24.5 Å². The minimum absolute atomic E-state index is 0.0953. The zero-order valence-electron chi connectivity index (χ0n) is 35.2. The second kappa shape index (κ2) is 21.9. The van der Waals surface area contributed by atoms with Gasteiger partial charge in [0.1, 0.15) is 11.1 Å². The molecule has 5 aromatic rings. The third-order valence-corrected chi connectivity index (χ3v) is 15.8. The molecule has 1 fully saturated rings. The van der Waals surface area contributed by atoms with Crippen molar-refractivity contribution in [3.05, 3.63) is 137 Å². The summed E-state index contributed by atoms with van der Waals surface area (Å²) < 4.78 is 97.8. The average molecular weight is 961 g/mol. The molecular formula is C46H53ClF3N5O6S3. The van der Waals surface area contributed by atoms with Crippen LogP contribution in [0.3, 0.4) is 0 Å². The van der Waals surface area contributed by atoms with Gasteiger partial charge in [-0.25, -0.2) is 16.8 Å². The number of benzene rings is 5. The van der Waals surface area contributed by atoms with E-state index in [0.717, 1.165) is 52.2 Å². The lowest BCUT2D eigenvalue weighted by atomic mass is 9.83. The molecule has 0 aromatic heterocycles. The molecule has 18 heteroatoms. The van der Waals surface area contributed by atoms with Gasteiger partial charge in [0.2, 0.25) is 10.0 Å². The molecule has 1 unspecified atom stereocenters. The number of aliphatic hydroxyl groups is 2. The minimum Gasteiger partial charge on any atom is -0.395 e. The topological polar surface area (TPSA) is 165 Å². The number of hydrogen-bond acceptors (Lipinski definition) is 11. The quantitative estimate of drug-likeness (QED) is 0.0376. The van der Waals surface area contributed by atoms with Crippen molar-refractivity contribution in [2.45, 2.75) is 64.7 Å². The van der Waals surface area contributed by atoms with Crippen molar-refractivity contribution in [3.8, 4) is 11.1 Å². The van der Waals surface area contributed by atoms with Gasteiger partial charge in [-0.15, -0.1) is 11.8 Å². The number of sulfone groups is 1. The average Bonchev–Trinajstić information content (AvgIpc) is 3.29. The van der Waals surface area contributed by atoms with Crippen LogP contribution >= 0.6 is 23.4 Å². The van der Waals surface area contributed by atoms with Crippen molar-refractivity contribution in [1.82, 2.24) is 9.62 Å². The van der Waals surface area contributed by atoms with Gasteiger partial charge in [0.05, 0.1) is 17.2 Å². The van der Waals surface area contributed by atoms with E-state index in [0.29, 0.717) is 56.0 Å². The third kappa shape index (κ3) is 12.4. The molecule has 3 atom stereocenters. The predicted octanol–water partition coefficient (Wildman–Crippen LogP) is 8.46. The number of nitrogens with zero attached hydrogens (tertiary/aromatic N) is 2. The number of likely N-dealkylation sites (N-methyl/N-ethyl adjacent to an activating group) is 1. The largest absolute Gasteiger partial charge is 0.501 e. The molecule has 0 spiro atoms. The first-order valence-corrected chi connectivity index (χ1v) is 25.2. The number of nitrogens with one attached hydrogen (secondary N) is 2. The molecule has 11 nitrogen and oxygen atoms in total. The summed E-state index contributed by atoms with van der Waals surface area (Å²) in [5.74, 6) is 0.539. The van der Waals surface area contributed by atoms with E-state index in [9.17, 15) is 40.2 Å². The van der Waals surface area contributed by atoms with E-state index in [1.807, 2.05) is 78.6 Å². The van der Waals surface area contributed by atoms with Crippen LogP contribution in [0.5, 0.6) is 0 Å². The Kier molecular flexibility index (Phi) is 16.8. The molecule has 344 valence electrons. The lowest BCUT2D eigenvalue weighted by Crippen LogP contribution is -2.37. The van der Waals surface area contributed by atoms with Crippen LogP contribution in [0, 0.1) is 5.92 Å². The Hall–Kier alpha value is -4.17. The number of halogens is 4. The van der Waals surface area contributed by atoms with E-state index in [1.54, 1.807) is 24.3 Å². The molecule has 1 heterocycles. The second-order valence-electron chi connectivity index (χ2n) is 15.6. The number of thioether (sulfide) groups is 1. The van der Waals surface area contributed by atoms with Gasteiger partial charge in [0.15, 0.2) is 0 Å². The molecule has 0 bridgehead atoms. The third-order valence-electron chi connectivity index (χ3n) is 11.4. The van der Waals surface area contributed by atoms with Crippen LogP contribution in [-0.2, 0) is 19.9 Å².